The van der Waals surface area contributed by atoms with Crippen molar-refractivity contribution < 1.29 is 24.2 Å². The van der Waals surface area contributed by atoms with Crippen molar-refractivity contribution in [3.05, 3.63) is 81.9 Å². The van der Waals surface area contributed by atoms with Crippen LogP contribution in [-0.2, 0) is 19.1 Å². The van der Waals surface area contributed by atoms with Crippen molar-refractivity contribution in [2.45, 2.75) is 73.1 Å². The predicted octanol–water partition coefficient (Wildman–Crippen LogP) is 6.68. The fraction of sp³-hybridized carbons (Fsp3) is 0.433. The van der Waals surface area contributed by atoms with Gasteiger partial charge in [0.1, 0.15) is 17.1 Å². The molecule has 1 aliphatic heterocycles. The molecule has 1 aliphatic carbocycles. The maximum Gasteiger partial charge on any atom is 0.311 e. The molecule has 0 saturated heterocycles. The summed E-state index contributed by atoms with van der Waals surface area (Å²) in [7, 11) is 0. The van der Waals surface area contributed by atoms with Gasteiger partial charge < -0.3 is 9.84 Å². The number of ketones is 2. The molecular formula is C30H36O5. The van der Waals surface area contributed by atoms with E-state index >= 15 is 0 Å². The third-order valence-electron chi connectivity index (χ3n) is 6.99. The van der Waals surface area contributed by atoms with Crippen LogP contribution in [0.1, 0.15) is 78.7 Å². The van der Waals surface area contributed by atoms with Gasteiger partial charge in [0.05, 0.1) is 11.8 Å². The summed E-state index contributed by atoms with van der Waals surface area (Å²) in [5.74, 6) is -2.40. The largest absolute Gasteiger partial charge is 0.507 e. The molecule has 0 spiro atoms. The standard InChI is InChI=1S/C30H36O5/c1-7-20(6)26(32)25-27(33)24-22(21-11-9-8-10-12-21)17-23(31)35-29(24)30(28(25)34,15-13-18(2)3)16-14-19(4)5/h8-14,20,22,33H,7,15-17H2,1-6H3/t20-,22+/m1/s1. The van der Waals surface area contributed by atoms with Crippen LogP contribution in [0, 0.1) is 11.3 Å². The van der Waals surface area contributed by atoms with E-state index in [0.717, 1.165) is 16.7 Å². The van der Waals surface area contributed by atoms with Crippen molar-refractivity contribution in [3.8, 4) is 0 Å². The molecule has 0 fully saturated rings. The fourth-order valence-corrected chi connectivity index (χ4v) is 4.69. The van der Waals surface area contributed by atoms with Gasteiger partial charge in [0.2, 0.25) is 0 Å². The minimum Gasteiger partial charge on any atom is -0.507 e. The molecule has 0 saturated carbocycles. The molecule has 0 aromatic heterocycles. The maximum atomic E-state index is 14.2. The van der Waals surface area contributed by atoms with Gasteiger partial charge in [0.25, 0.3) is 0 Å². The van der Waals surface area contributed by atoms with Crippen molar-refractivity contribution in [2.24, 2.45) is 11.3 Å². The molecule has 1 heterocycles. The molecule has 35 heavy (non-hydrogen) atoms. The summed E-state index contributed by atoms with van der Waals surface area (Å²) in [6.07, 6.45) is 4.96. The van der Waals surface area contributed by atoms with Gasteiger partial charge >= 0.3 is 5.97 Å². The highest BCUT2D eigenvalue weighted by Crippen LogP contribution is 2.53. The van der Waals surface area contributed by atoms with Gasteiger partial charge in [-0.05, 0) is 52.5 Å². The number of ether oxygens (including phenoxy) is 1. The Morgan fingerprint density at radius 2 is 1.66 bits per heavy atom. The lowest BCUT2D eigenvalue weighted by Gasteiger charge is -2.42. The molecule has 186 valence electrons. The molecule has 3 rings (SSSR count). The SMILES string of the molecule is CC[C@@H](C)C(=O)C1=C(O)C2=C(OC(=O)C[C@H]2c2ccccc2)C(CC=C(C)C)(CC=C(C)C)C1=O. The van der Waals surface area contributed by atoms with Crippen molar-refractivity contribution in [2.75, 3.05) is 0 Å². The number of carbonyl (C=O) groups excluding carboxylic acids is 3. The Labute approximate surface area is 208 Å². The zero-order chi connectivity index (χ0) is 25.9. The average Bonchev–Trinajstić information content (AvgIpc) is 2.82. The summed E-state index contributed by atoms with van der Waals surface area (Å²) in [5, 5.41) is 11.5. The first-order valence-corrected chi connectivity index (χ1v) is 12.3. The first kappa shape index (κ1) is 26.4. The number of allylic oxidation sites excluding steroid dienone is 7. The van der Waals surface area contributed by atoms with Crippen LogP contribution in [0.3, 0.4) is 0 Å². The van der Waals surface area contributed by atoms with Crippen LogP contribution in [0.5, 0.6) is 0 Å². The Morgan fingerprint density at radius 1 is 1.09 bits per heavy atom. The van der Waals surface area contributed by atoms with Crippen molar-refractivity contribution >= 4 is 17.5 Å². The molecule has 2 aliphatic rings. The van der Waals surface area contributed by atoms with Gasteiger partial charge in [-0.3, -0.25) is 14.4 Å². The van der Waals surface area contributed by atoms with Gasteiger partial charge in [0.15, 0.2) is 11.6 Å². The molecule has 0 bridgehead atoms. The second kappa shape index (κ2) is 10.6. The Morgan fingerprint density at radius 3 is 2.17 bits per heavy atom. The first-order chi connectivity index (χ1) is 16.5. The third kappa shape index (κ3) is 5.09. The molecule has 0 radical (unpaired) electrons. The number of aliphatic hydroxyl groups excluding tert-OH is 1. The van der Waals surface area contributed by atoms with E-state index in [2.05, 4.69) is 0 Å². The molecule has 5 heteroatoms. The van der Waals surface area contributed by atoms with Gasteiger partial charge in [0, 0.05) is 17.4 Å². The molecule has 1 aromatic rings. The lowest BCUT2D eigenvalue weighted by molar-refractivity contribution is -0.145. The van der Waals surface area contributed by atoms with Crippen LogP contribution < -0.4 is 0 Å². The number of hydrogen-bond donors (Lipinski definition) is 1. The van der Waals surface area contributed by atoms with E-state index in [-0.39, 0.29) is 42.1 Å². The van der Waals surface area contributed by atoms with E-state index in [1.165, 1.54) is 0 Å². The summed E-state index contributed by atoms with van der Waals surface area (Å²) in [4.78, 5) is 40.6. The number of esters is 1. The number of Topliss-reactive ketones (excluding diaryl/α,β-unsaturated/α-hetero) is 2. The molecule has 5 nitrogen and oxygen atoms in total. The van der Waals surface area contributed by atoms with E-state index in [1.807, 2.05) is 77.1 Å². The van der Waals surface area contributed by atoms with Crippen LogP contribution >= 0.6 is 0 Å². The fourth-order valence-electron chi connectivity index (χ4n) is 4.69. The number of aliphatic hydroxyl groups is 1. The number of carbonyl (C=O) groups is 3. The highest BCUT2D eigenvalue weighted by atomic mass is 16.5. The van der Waals surface area contributed by atoms with Crippen LogP contribution in [0.15, 0.2) is 76.3 Å². The van der Waals surface area contributed by atoms with Gasteiger partial charge in [-0.1, -0.05) is 67.5 Å². The highest BCUT2D eigenvalue weighted by Gasteiger charge is 2.55. The molecule has 1 N–H and O–H groups in total. The van der Waals surface area contributed by atoms with Gasteiger partial charge in [-0.15, -0.1) is 0 Å². The molecule has 0 amide bonds. The lowest BCUT2D eigenvalue weighted by Crippen LogP contribution is -2.45. The van der Waals surface area contributed by atoms with Crippen LogP contribution in [-0.4, -0.2) is 22.6 Å². The summed E-state index contributed by atoms with van der Waals surface area (Å²) in [6, 6.07) is 9.40. The quantitative estimate of drug-likeness (QED) is 0.257. The normalized spacial score (nSPS) is 20.1. The second-order valence-electron chi connectivity index (χ2n) is 10.2. The minimum absolute atomic E-state index is 0.0211. The smallest absolute Gasteiger partial charge is 0.311 e. The Balaban J connectivity index is 2.40. The zero-order valence-corrected chi connectivity index (χ0v) is 21.6. The predicted molar refractivity (Wildman–Crippen MR) is 137 cm³/mol. The summed E-state index contributed by atoms with van der Waals surface area (Å²) >= 11 is 0. The number of hydrogen-bond acceptors (Lipinski definition) is 5. The second-order valence-corrected chi connectivity index (χ2v) is 10.2. The molecule has 2 atom stereocenters. The molecule has 1 aromatic carbocycles. The van der Waals surface area contributed by atoms with E-state index < -0.39 is 29.0 Å². The van der Waals surface area contributed by atoms with Crippen molar-refractivity contribution in [1.82, 2.24) is 0 Å². The van der Waals surface area contributed by atoms with E-state index in [0.29, 0.717) is 12.0 Å². The topological polar surface area (TPSA) is 80.7 Å². The molecule has 0 unspecified atom stereocenters. The molecular weight excluding hydrogens is 440 g/mol. The van der Waals surface area contributed by atoms with Crippen LogP contribution in [0.2, 0.25) is 0 Å². The van der Waals surface area contributed by atoms with Gasteiger partial charge in [-0.2, -0.15) is 0 Å². The van der Waals surface area contributed by atoms with E-state index in [1.54, 1.807) is 6.92 Å². The average molecular weight is 477 g/mol. The Bertz CT molecular complexity index is 1120. The lowest BCUT2D eigenvalue weighted by atomic mass is 9.63. The van der Waals surface area contributed by atoms with Crippen LogP contribution in [0.25, 0.3) is 0 Å². The zero-order valence-electron chi connectivity index (χ0n) is 21.6. The first-order valence-electron chi connectivity index (χ1n) is 12.3. The monoisotopic (exact) mass is 476 g/mol. The van der Waals surface area contributed by atoms with Crippen molar-refractivity contribution in [3.63, 3.8) is 0 Å². The Hall–Kier alpha value is -3.21. The summed E-state index contributed by atoms with van der Waals surface area (Å²) in [6.45, 7) is 11.4. The van der Waals surface area contributed by atoms with E-state index in [9.17, 15) is 19.5 Å². The van der Waals surface area contributed by atoms with E-state index in [4.69, 9.17) is 4.74 Å². The summed E-state index contributed by atoms with van der Waals surface area (Å²) in [5.41, 5.74) is 1.76. The maximum absolute atomic E-state index is 14.2. The number of rotatable bonds is 8. The number of benzene rings is 1. The third-order valence-corrected chi connectivity index (χ3v) is 6.99. The minimum atomic E-state index is -1.29. The van der Waals surface area contributed by atoms with Crippen molar-refractivity contribution in [1.29, 1.82) is 0 Å². The van der Waals surface area contributed by atoms with Gasteiger partial charge in [-0.25, -0.2) is 0 Å². The van der Waals surface area contributed by atoms with Crippen LogP contribution in [0.4, 0.5) is 0 Å². The Kier molecular flexibility index (Phi) is 7.99. The highest BCUT2D eigenvalue weighted by molar-refractivity contribution is 6.25. The summed E-state index contributed by atoms with van der Waals surface area (Å²) < 4.78 is 5.83.